The largest absolute Gasteiger partial charge is 0.481 e. The first-order chi connectivity index (χ1) is 18.4. The summed E-state index contributed by atoms with van der Waals surface area (Å²) in [5, 5.41) is 10.8. The molecule has 3 aromatic rings. The number of likely N-dealkylation sites (tertiary alicyclic amines) is 1. The van der Waals surface area contributed by atoms with Gasteiger partial charge in [0.15, 0.2) is 9.84 Å². The molecular formula is C30H31Cl2NO5S. The van der Waals surface area contributed by atoms with E-state index in [1.165, 1.54) is 0 Å². The predicted molar refractivity (Wildman–Crippen MR) is 153 cm³/mol. The summed E-state index contributed by atoms with van der Waals surface area (Å²) in [4.78, 5) is 28.1. The standard InChI is InChI=1S/C30H31Cl2NO5S/c1-3-24(19-39(37,38)25-10-5-4-6-11-25)33-28(20-12-14-22(31)15-13-20)26(21-8-7-9-23(32)16-21)17-30(2,29(33)36)18-27(34)35/h4-16,24,26,28H,3,17-19H2,1-2H3,(H,34,35)/t24?,26?,28-,30-/m1/s1. The highest BCUT2D eigenvalue weighted by molar-refractivity contribution is 7.91. The molecule has 0 aliphatic carbocycles. The van der Waals surface area contributed by atoms with Gasteiger partial charge in [0, 0.05) is 22.0 Å². The van der Waals surface area contributed by atoms with E-state index >= 15 is 0 Å². The molecule has 1 amide bonds. The quantitative estimate of drug-likeness (QED) is 0.298. The zero-order valence-electron chi connectivity index (χ0n) is 21.8. The lowest BCUT2D eigenvalue weighted by molar-refractivity contribution is -0.160. The number of carboxylic acids is 1. The lowest BCUT2D eigenvalue weighted by Gasteiger charge is -2.51. The van der Waals surface area contributed by atoms with Gasteiger partial charge in [-0.15, -0.1) is 0 Å². The third-order valence-electron chi connectivity index (χ3n) is 7.51. The molecule has 1 aliphatic rings. The highest BCUT2D eigenvalue weighted by atomic mass is 35.5. The third kappa shape index (κ3) is 6.32. The van der Waals surface area contributed by atoms with Crippen molar-refractivity contribution < 1.29 is 23.1 Å². The number of rotatable bonds is 9. The smallest absolute Gasteiger partial charge is 0.304 e. The first-order valence-electron chi connectivity index (χ1n) is 12.8. The molecule has 1 saturated heterocycles. The number of carboxylic acid groups (broad SMARTS) is 1. The van der Waals surface area contributed by atoms with Crippen molar-refractivity contribution in [2.75, 3.05) is 5.75 Å². The Morgan fingerprint density at radius 2 is 1.67 bits per heavy atom. The number of halogens is 2. The molecule has 0 aromatic heterocycles. The molecule has 0 saturated carbocycles. The number of hydrogen-bond acceptors (Lipinski definition) is 4. The molecule has 6 nitrogen and oxygen atoms in total. The maximum absolute atomic E-state index is 14.3. The van der Waals surface area contributed by atoms with Gasteiger partial charge in [-0.25, -0.2) is 8.42 Å². The molecule has 206 valence electrons. The zero-order valence-corrected chi connectivity index (χ0v) is 24.1. The van der Waals surface area contributed by atoms with E-state index in [-0.39, 0.29) is 35.3 Å². The molecule has 1 heterocycles. The fourth-order valence-corrected chi connectivity index (χ4v) is 7.64. The number of benzene rings is 3. The number of carbonyl (C=O) groups excluding carboxylic acids is 1. The van der Waals surface area contributed by atoms with E-state index in [9.17, 15) is 23.1 Å². The summed E-state index contributed by atoms with van der Waals surface area (Å²) in [6.45, 7) is 3.50. The van der Waals surface area contributed by atoms with Crippen LogP contribution in [0.3, 0.4) is 0 Å². The van der Waals surface area contributed by atoms with Crippen molar-refractivity contribution in [3.05, 3.63) is 100 Å². The van der Waals surface area contributed by atoms with Crippen LogP contribution in [0.2, 0.25) is 10.0 Å². The zero-order chi connectivity index (χ0) is 28.4. The average molecular weight is 589 g/mol. The number of amides is 1. The average Bonchev–Trinajstić information content (AvgIpc) is 2.89. The third-order valence-corrected chi connectivity index (χ3v) is 9.81. The lowest BCUT2D eigenvalue weighted by Crippen LogP contribution is -2.57. The van der Waals surface area contributed by atoms with Crippen molar-refractivity contribution in [1.29, 1.82) is 0 Å². The number of nitrogens with zero attached hydrogens (tertiary/aromatic N) is 1. The predicted octanol–water partition coefficient (Wildman–Crippen LogP) is 6.78. The SMILES string of the molecule is CCC(CS(=O)(=O)c1ccccc1)N1C(=O)[C@@](C)(CC(=O)O)CC(c2cccc(Cl)c2)[C@H]1c1ccc(Cl)cc1. The van der Waals surface area contributed by atoms with E-state index in [2.05, 4.69) is 0 Å². The van der Waals surface area contributed by atoms with Crippen molar-refractivity contribution in [3.8, 4) is 0 Å². The fraction of sp³-hybridized carbons (Fsp3) is 0.333. The van der Waals surface area contributed by atoms with E-state index < -0.39 is 33.3 Å². The molecule has 39 heavy (non-hydrogen) atoms. The lowest BCUT2D eigenvalue weighted by atomic mass is 9.67. The van der Waals surface area contributed by atoms with Gasteiger partial charge >= 0.3 is 5.97 Å². The Hall–Kier alpha value is -2.87. The van der Waals surface area contributed by atoms with Gasteiger partial charge in [-0.2, -0.15) is 0 Å². The Labute approximate surface area is 239 Å². The molecule has 1 N–H and O–H groups in total. The summed E-state index contributed by atoms with van der Waals surface area (Å²) >= 11 is 12.6. The molecule has 4 rings (SSSR count). The van der Waals surface area contributed by atoms with Crippen LogP contribution in [0.5, 0.6) is 0 Å². The van der Waals surface area contributed by atoms with Crippen LogP contribution >= 0.6 is 23.2 Å². The van der Waals surface area contributed by atoms with Gasteiger partial charge in [0.05, 0.1) is 28.5 Å². The Morgan fingerprint density at radius 1 is 1.00 bits per heavy atom. The monoisotopic (exact) mass is 587 g/mol. The van der Waals surface area contributed by atoms with Crippen LogP contribution in [0.1, 0.15) is 56.2 Å². The normalized spacial score (nSPS) is 22.5. The van der Waals surface area contributed by atoms with Crippen molar-refractivity contribution >= 4 is 44.9 Å². The summed E-state index contributed by atoms with van der Waals surface area (Å²) in [5.74, 6) is -2.11. The van der Waals surface area contributed by atoms with Gasteiger partial charge in [0.25, 0.3) is 0 Å². The Balaban J connectivity index is 1.90. The van der Waals surface area contributed by atoms with Crippen LogP contribution in [-0.2, 0) is 19.4 Å². The van der Waals surface area contributed by atoms with Crippen LogP contribution < -0.4 is 0 Å². The van der Waals surface area contributed by atoms with Gasteiger partial charge in [-0.3, -0.25) is 9.59 Å². The molecule has 4 atom stereocenters. The summed E-state index contributed by atoms with van der Waals surface area (Å²) in [6.07, 6.45) is 0.228. The van der Waals surface area contributed by atoms with Crippen LogP contribution in [-0.4, -0.2) is 42.1 Å². The highest BCUT2D eigenvalue weighted by Gasteiger charge is 2.52. The maximum Gasteiger partial charge on any atom is 0.304 e. The highest BCUT2D eigenvalue weighted by Crippen LogP contribution is 2.52. The molecule has 0 bridgehead atoms. The van der Waals surface area contributed by atoms with Crippen LogP contribution in [0.15, 0.2) is 83.8 Å². The Kier molecular flexibility index (Phi) is 8.74. The fourth-order valence-electron chi connectivity index (χ4n) is 5.65. The second-order valence-electron chi connectivity index (χ2n) is 10.4. The van der Waals surface area contributed by atoms with Crippen LogP contribution in [0, 0.1) is 5.41 Å². The first-order valence-corrected chi connectivity index (χ1v) is 15.2. The minimum absolute atomic E-state index is 0.177. The molecule has 2 unspecified atom stereocenters. The Bertz CT molecular complexity index is 1450. The topological polar surface area (TPSA) is 91.8 Å². The Morgan fingerprint density at radius 3 is 2.26 bits per heavy atom. The van der Waals surface area contributed by atoms with Crippen molar-refractivity contribution in [2.24, 2.45) is 5.41 Å². The van der Waals surface area contributed by atoms with Gasteiger partial charge in [0.1, 0.15) is 0 Å². The van der Waals surface area contributed by atoms with E-state index in [4.69, 9.17) is 23.2 Å². The van der Waals surface area contributed by atoms with Crippen molar-refractivity contribution in [2.45, 2.75) is 56.0 Å². The molecule has 1 fully saturated rings. The molecule has 3 aromatic carbocycles. The summed E-state index contributed by atoms with van der Waals surface area (Å²) < 4.78 is 27.0. The van der Waals surface area contributed by atoms with E-state index in [1.54, 1.807) is 60.4 Å². The first kappa shape index (κ1) is 29.1. The summed E-state index contributed by atoms with van der Waals surface area (Å²) in [5.41, 5.74) is 0.370. The van der Waals surface area contributed by atoms with Crippen LogP contribution in [0.4, 0.5) is 0 Å². The van der Waals surface area contributed by atoms with Crippen LogP contribution in [0.25, 0.3) is 0 Å². The number of sulfone groups is 1. The van der Waals surface area contributed by atoms with E-state index in [0.717, 1.165) is 11.1 Å². The van der Waals surface area contributed by atoms with Gasteiger partial charge < -0.3 is 10.0 Å². The number of piperidine rings is 1. The van der Waals surface area contributed by atoms with Crippen molar-refractivity contribution in [3.63, 3.8) is 0 Å². The van der Waals surface area contributed by atoms with Gasteiger partial charge in [-0.1, -0.05) is 79.5 Å². The molecular weight excluding hydrogens is 557 g/mol. The molecule has 0 spiro atoms. The number of hydrogen-bond donors (Lipinski definition) is 1. The van der Waals surface area contributed by atoms with E-state index in [1.807, 2.05) is 37.3 Å². The van der Waals surface area contributed by atoms with Crippen molar-refractivity contribution in [1.82, 2.24) is 4.90 Å². The minimum atomic E-state index is -3.76. The second kappa shape index (κ2) is 11.7. The summed E-state index contributed by atoms with van der Waals surface area (Å²) in [6, 6.07) is 21.3. The van der Waals surface area contributed by atoms with Gasteiger partial charge in [-0.05, 0) is 60.4 Å². The summed E-state index contributed by atoms with van der Waals surface area (Å²) in [7, 11) is -3.76. The second-order valence-corrected chi connectivity index (χ2v) is 13.3. The molecule has 9 heteroatoms. The van der Waals surface area contributed by atoms with Gasteiger partial charge in [0.2, 0.25) is 5.91 Å². The van der Waals surface area contributed by atoms with E-state index in [0.29, 0.717) is 16.5 Å². The molecule has 1 aliphatic heterocycles. The number of aliphatic carboxylic acids is 1. The molecule has 0 radical (unpaired) electrons. The number of carbonyl (C=O) groups is 2. The maximum atomic E-state index is 14.3. The minimum Gasteiger partial charge on any atom is -0.481 e.